The molecule has 1 heterocycles. The summed E-state index contributed by atoms with van der Waals surface area (Å²) in [6.45, 7) is 7.25. The molecule has 26 heavy (non-hydrogen) atoms. The zero-order chi connectivity index (χ0) is 18.5. The summed E-state index contributed by atoms with van der Waals surface area (Å²) in [5, 5.41) is 7.09. The largest absolute Gasteiger partial charge is 0.336 e. The van der Waals surface area contributed by atoms with Crippen LogP contribution >= 0.6 is 0 Å². The van der Waals surface area contributed by atoms with Gasteiger partial charge in [-0.25, -0.2) is 9.07 Å². The standard InChI is InChI=1S/C22H26FN3/c1-4-8-22(18-9-6-5-7-10-18)24-15-21-16(2)25-26(17(21)3)20-13-11-19(23)12-14-20/h5-7,9-14,22,24H,4,8,15H2,1-3H3/p+1/t22-/m0/s1. The molecule has 0 aliphatic rings. The third-order valence-electron chi connectivity index (χ3n) is 4.95. The van der Waals surface area contributed by atoms with E-state index in [9.17, 15) is 4.39 Å². The van der Waals surface area contributed by atoms with Gasteiger partial charge < -0.3 is 5.32 Å². The van der Waals surface area contributed by atoms with Crippen LogP contribution < -0.4 is 5.32 Å². The first kappa shape index (κ1) is 18.3. The zero-order valence-corrected chi connectivity index (χ0v) is 15.7. The van der Waals surface area contributed by atoms with E-state index in [2.05, 4.69) is 54.6 Å². The van der Waals surface area contributed by atoms with Crippen LogP contribution in [0.1, 0.15) is 48.3 Å². The fourth-order valence-electron chi connectivity index (χ4n) is 3.50. The van der Waals surface area contributed by atoms with Gasteiger partial charge in [0.15, 0.2) is 0 Å². The first-order valence-corrected chi connectivity index (χ1v) is 9.29. The van der Waals surface area contributed by atoms with E-state index < -0.39 is 0 Å². The normalized spacial score (nSPS) is 12.3. The highest BCUT2D eigenvalue weighted by atomic mass is 19.1. The van der Waals surface area contributed by atoms with E-state index in [0.717, 1.165) is 36.5 Å². The van der Waals surface area contributed by atoms with Crippen molar-refractivity contribution in [3.05, 3.63) is 82.9 Å². The van der Waals surface area contributed by atoms with Crippen molar-refractivity contribution in [1.29, 1.82) is 0 Å². The Balaban J connectivity index is 1.80. The van der Waals surface area contributed by atoms with Crippen molar-refractivity contribution in [2.45, 2.75) is 46.2 Å². The van der Waals surface area contributed by atoms with Crippen LogP contribution in [0.2, 0.25) is 0 Å². The molecule has 0 amide bonds. The van der Waals surface area contributed by atoms with Gasteiger partial charge in [0.1, 0.15) is 18.4 Å². The Bertz CT molecular complexity index is 838. The monoisotopic (exact) mass is 352 g/mol. The molecule has 0 aliphatic carbocycles. The molecule has 3 aromatic rings. The lowest BCUT2D eigenvalue weighted by Crippen LogP contribution is -2.83. The van der Waals surface area contributed by atoms with Gasteiger partial charge in [-0.05, 0) is 38.1 Å². The molecule has 1 aromatic heterocycles. The molecule has 2 N–H and O–H groups in total. The summed E-state index contributed by atoms with van der Waals surface area (Å²) in [6, 6.07) is 17.6. The van der Waals surface area contributed by atoms with Crippen molar-refractivity contribution in [2.24, 2.45) is 0 Å². The summed E-state index contributed by atoms with van der Waals surface area (Å²) in [5.74, 6) is -0.228. The Morgan fingerprint density at radius 1 is 1.04 bits per heavy atom. The summed E-state index contributed by atoms with van der Waals surface area (Å²) < 4.78 is 15.1. The Morgan fingerprint density at radius 3 is 2.38 bits per heavy atom. The molecule has 0 aliphatic heterocycles. The minimum absolute atomic E-state index is 0.228. The summed E-state index contributed by atoms with van der Waals surface area (Å²) in [7, 11) is 0. The second-order valence-electron chi connectivity index (χ2n) is 6.78. The maximum Gasteiger partial charge on any atom is 0.123 e. The molecule has 0 unspecified atom stereocenters. The van der Waals surface area contributed by atoms with Crippen LogP contribution in [0.3, 0.4) is 0 Å². The molecule has 2 aromatic carbocycles. The molecule has 0 fully saturated rings. The van der Waals surface area contributed by atoms with Crippen LogP contribution in [0.5, 0.6) is 0 Å². The van der Waals surface area contributed by atoms with Gasteiger partial charge in [0, 0.05) is 12.0 Å². The van der Waals surface area contributed by atoms with Gasteiger partial charge in [-0.15, -0.1) is 0 Å². The number of nitrogens with two attached hydrogens (primary N) is 1. The topological polar surface area (TPSA) is 34.4 Å². The average molecular weight is 352 g/mol. The van der Waals surface area contributed by atoms with Crippen molar-refractivity contribution in [2.75, 3.05) is 0 Å². The second-order valence-corrected chi connectivity index (χ2v) is 6.78. The number of aryl methyl sites for hydroxylation is 1. The SMILES string of the molecule is CCC[C@H]([NH2+]Cc1c(C)nn(-c2ccc(F)cc2)c1C)c1ccccc1. The van der Waals surface area contributed by atoms with Crippen LogP contribution in [0.15, 0.2) is 54.6 Å². The quantitative estimate of drug-likeness (QED) is 0.678. The van der Waals surface area contributed by atoms with E-state index in [1.165, 1.54) is 23.3 Å². The van der Waals surface area contributed by atoms with E-state index in [0.29, 0.717) is 6.04 Å². The van der Waals surface area contributed by atoms with Crippen LogP contribution in [-0.4, -0.2) is 9.78 Å². The van der Waals surface area contributed by atoms with Gasteiger partial charge >= 0.3 is 0 Å². The van der Waals surface area contributed by atoms with Crippen molar-refractivity contribution >= 4 is 0 Å². The molecule has 0 bridgehead atoms. The minimum atomic E-state index is -0.228. The molecule has 136 valence electrons. The molecule has 0 saturated carbocycles. The Hall–Kier alpha value is -2.46. The molecular formula is C22H27FN3+. The fraction of sp³-hybridized carbons (Fsp3) is 0.318. The Morgan fingerprint density at radius 2 is 1.73 bits per heavy atom. The van der Waals surface area contributed by atoms with Crippen molar-refractivity contribution in [3.8, 4) is 5.69 Å². The smallest absolute Gasteiger partial charge is 0.123 e. The highest BCUT2D eigenvalue weighted by molar-refractivity contribution is 5.36. The minimum Gasteiger partial charge on any atom is -0.336 e. The fourth-order valence-corrected chi connectivity index (χ4v) is 3.50. The van der Waals surface area contributed by atoms with Crippen LogP contribution in [0.4, 0.5) is 4.39 Å². The molecular weight excluding hydrogens is 325 g/mol. The number of benzene rings is 2. The zero-order valence-electron chi connectivity index (χ0n) is 15.7. The van der Waals surface area contributed by atoms with Gasteiger partial charge in [0.2, 0.25) is 0 Å². The molecule has 3 nitrogen and oxygen atoms in total. The number of hydrogen-bond donors (Lipinski definition) is 1. The van der Waals surface area contributed by atoms with Gasteiger partial charge in [0.25, 0.3) is 0 Å². The maximum atomic E-state index is 13.2. The summed E-state index contributed by atoms with van der Waals surface area (Å²) in [5.41, 5.74) is 5.67. The Kier molecular flexibility index (Phi) is 5.84. The first-order valence-electron chi connectivity index (χ1n) is 9.29. The summed E-state index contributed by atoms with van der Waals surface area (Å²) in [4.78, 5) is 0. The maximum absolute atomic E-state index is 13.2. The predicted molar refractivity (Wildman–Crippen MR) is 103 cm³/mol. The van der Waals surface area contributed by atoms with Crippen LogP contribution in [0.25, 0.3) is 5.69 Å². The van der Waals surface area contributed by atoms with E-state index in [1.54, 1.807) is 12.1 Å². The Labute approximate surface area is 154 Å². The van der Waals surface area contributed by atoms with Gasteiger partial charge in [-0.3, -0.25) is 0 Å². The molecule has 4 heteroatoms. The van der Waals surface area contributed by atoms with E-state index in [-0.39, 0.29) is 5.82 Å². The van der Waals surface area contributed by atoms with E-state index >= 15 is 0 Å². The van der Waals surface area contributed by atoms with Crippen molar-refractivity contribution < 1.29 is 9.71 Å². The average Bonchev–Trinajstić information content (AvgIpc) is 2.94. The predicted octanol–water partition coefficient (Wildman–Crippen LogP) is 4.23. The number of quaternary nitrogens is 1. The summed E-state index contributed by atoms with van der Waals surface area (Å²) in [6.07, 6.45) is 2.30. The number of halogens is 1. The second kappa shape index (κ2) is 8.28. The van der Waals surface area contributed by atoms with Crippen LogP contribution in [0, 0.1) is 19.7 Å². The van der Waals surface area contributed by atoms with Crippen molar-refractivity contribution in [3.63, 3.8) is 0 Å². The number of nitrogens with zero attached hydrogens (tertiary/aromatic N) is 2. The lowest BCUT2D eigenvalue weighted by Gasteiger charge is -2.15. The lowest BCUT2D eigenvalue weighted by molar-refractivity contribution is -0.712. The molecule has 0 radical (unpaired) electrons. The van der Waals surface area contributed by atoms with Gasteiger partial charge in [-0.2, -0.15) is 5.10 Å². The highest BCUT2D eigenvalue weighted by Gasteiger charge is 2.18. The lowest BCUT2D eigenvalue weighted by atomic mass is 10.0. The molecule has 3 rings (SSSR count). The first-order chi connectivity index (χ1) is 12.6. The number of rotatable bonds is 7. The van der Waals surface area contributed by atoms with E-state index in [1.807, 2.05) is 11.6 Å². The molecule has 0 spiro atoms. The van der Waals surface area contributed by atoms with Gasteiger partial charge in [-0.1, -0.05) is 43.7 Å². The van der Waals surface area contributed by atoms with Crippen molar-refractivity contribution in [1.82, 2.24) is 9.78 Å². The molecule has 0 saturated heterocycles. The number of aromatic nitrogens is 2. The van der Waals surface area contributed by atoms with E-state index in [4.69, 9.17) is 0 Å². The molecule has 1 atom stereocenters. The van der Waals surface area contributed by atoms with Gasteiger partial charge in [0.05, 0.1) is 22.6 Å². The third kappa shape index (κ3) is 4.02. The third-order valence-corrected chi connectivity index (χ3v) is 4.95. The summed E-state index contributed by atoms with van der Waals surface area (Å²) >= 11 is 0. The number of hydrogen-bond acceptors (Lipinski definition) is 1. The van der Waals surface area contributed by atoms with Crippen LogP contribution in [-0.2, 0) is 6.54 Å². The highest BCUT2D eigenvalue weighted by Crippen LogP contribution is 2.19.